The number of nitrogens with one attached hydrogen (secondary N) is 1. The van der Waals surface area contributed by atoms with Gasteiger partial charge in [0.1, 0.15) is 6.10 Å². The Morgan fingerprint density at radius 2 is 1.90 bits per heavy atom. The quantitative estimate of drug-likeness (QED) is 0.641. The van der Waals surface area contributed by atoms with Crippen LogP contribution in [-0.4, -0.2) is 30.1 Å². The standard InChI is InChI=1S/C24H28ClNO5/c1-13-20(24(29)31-15-7-4-3-5-8-15)21(22-17(26-13)9-6-10-18(22)27)14-11-16(25)23(28)19(12-14)30-2/h11-12,15,21,26,28H,3-10H2,1-2H3/t21-/m1/s1. The number of phenolic OH excluding ortho intramolecular Hbond substituents is 1. The Hall–Kier alpha value is -2.47. The Bertz CT molecular complexity index is 974. The molecule has 0 radical (unpaired) electrons. The molecule has 2 N–H and O–H groups in total. The number of rotatable bonds is 4. The molecule has 0 bridgehead atoms. The van der Waals surface area contributed by atoms with E-state index in [1.54, 1.807) is 12.1 Å². The van der Waals surface area contributed by atoms with Crippen molar-refractivity contribution in [2.45, 2.75) is 70.3 Å². The average Bonchev–Trinajstić information content (AvgIpc) is 2.75. The predicted molar refractivity (Wildman–Crippen MR) is 117 cm³/mol. The molecule has 1 aliphatic heterocycles. The van der Waals surface area contributed by atoms with E-state index in [-0.39, 0.29) is 28.4 Å². The number of ketones is 1. The first kappa shape index (κ1) is 21.8. The summed E-state index contributed by atoms with van der Waals surface area (Å²) in [6.45, 7) is 1.84. The smallest absolute Gasteiger partial charge is 0.337 e. The number of carbonyl (C=O) groups is 2. The van der Waals surface area contributed by atoms with E-state index in [4.69, 9.17) is 21.1 Å². The number of esters is 1. The van der Waals surface area contributed by atoms with E-state index in [9.17, 15) is 14.7 Å². The zero-order valence-corrected chi connectivity index (χ0v) is 18.7. The highest BCUT2D eigenvalue weighted by Gasteiger charge is 2.40. The van der Waals surface area contributed by atoms with Gasteiger partial charge < -0.3 is 19.9 Å². The fraction of sp³-hybridized carbons (Fsp3) is 0.500. The van der Waals surface area contributed by atoms with E-state index in [1.807, 2.05) is 6.92 Å². The SMILES string of the molecule is COc1cc([C@@H]2C(C(=O)OC3CCCCC3)=C(C)NC3=C2C(=O)CCC3)cc(Cl)c1O. The Kier molecular flexibility index (Phi) is 6.28. The Morgan fingerprint density at radius 1 is 1.16 bits per heavy atom. The number of halogens is 1. The summed E-state index contributed by atoms with van der Waals surface area (Å²) in [5.74, 6) is -0.985. The van der Waals surface area contributed by atoms with Gasteiger partial charge in [-0.2, -0.15) is 0 Å². The van der Waals surface area contributed by atoms with Gasteiger partial charge >= 0.3 is 5.97 Å². The van der Waals surface area contributed by atoms with Crippen molar-refractivity contribution in [1.29, 1.82) is 0 Å². The number of hydrogen-bond acceptors (Lipinski definition) is 6. The fourth-order valence-corrected chi connectivity index (χ4v) is 5.12. The molecular formula is C24H28ClNO5. The molecule has 1 aromatic rings. The van der Waals surface area contributed by atoms with Crippen LogP contribution in [-0.2, 0) is 14.3 Å². The lowest BCUT2D eigenvalue weighted by molar-refractivity contribution is -0.146. The summed E-state index contributed by atoms with van der Waals surface area (Å²) in [5.41, 5.74) is 3.15. The molecule has 0 spiro atoms. The zero-order valence-electron chi connectivity index (χ0n) is 17.9. The largest absolute Gasteiger partial charge is 0.503 e. The van der Waals surface area contributed by atoms with Gasteiger partial charge in [-0.3, -0.25) is 4.79 Å². The maximum atomic E-state index is 13.4. The lowest BCUT2D eigenvalue weighted by Gasteiger charge is -2.35. The van der Waals surface area contributed by atoms with E-state index >= 15 is 0 Å². The maximum Gasteiger partial charge on any atom is 0.337 e. The van der Waals surface area contributed by atoms with Crippen molar-refractivity contribution < 1.29 is 24.2 Å². The van der Waals surface area contributed by atoms with Crippen LogP contribution < -0.4 is 10.1 Å². The minimum Gasteiger partial charge on any atom is -0.503 e. The highest BCUT2D eigenvalue weighted by atomic mass is 35.5. The van der Waals surface area contributed by atoms with Gasteiger partial charge in [-0.15, -0.1) is 0 Å². The van der Waals surface area contributed by atoms with Crippen molar-refractivity contribution in [2.75, 3.05) is 7.11 Å². The van der Waals surface area contributed by atoms with E-state index in [2.05, 4.69) is 5.32 Å². The van der Waals surface area contributed by atoms with E-state index < -0.39 is 11.9 Å². The van der Waals surface area contributed by atoms with Crippen LogP contribution in [0.15, 0.2) is 34.7 Å². The number of hydrogen-bond donors (Lipinski definition) is 2. The summed E-state index contributed by atoms with van der Waals surface area (Å²) in [4.78, 5) is 26.4. The molecular weight excluding hydrogens is 418 g/mol. The van der Waals surface area contributed by atoms with E-state index in [1.165, 1.54) is 7.11 Å². The van der Waals surface area contributed by atoms with Gasteiger partial charge in [0.25, 0.3) is 0 Å². The molecule has 0 aromatic heterocycles. The van der Waals surface area contributed by atoms with Crippen molar-refractivity contribution in [1.82, 2.24) is 5.32 Å². The number of Topliss-reactive ketones (excluding diaryl/α,β-unsaturated/α-hetero) is 1. The number of benzene rings is 1. The van der Waals surface area contributed by atoms with E-state index in [0.717, 1.165) is 50.6 Å². The van der Waals surface area contributed by atoms with Gasteiger partial charge in [-0.1, -0.05) is 18.0 Å². The van der Waals surface area contributed by atoms with Gasteiger partial charge in [0, 0.05) is 29.3 Å². The number of carbonyl (C=O) groups excluding carboxylic acids is 2. The monoisotopic (exact) mass is 445 g/mol. The average molecular weight is 446 g/mol. The van der Waals surface area contributed by atoms with E-state index in [0.29, 0.717) is 28.8 Å². The number of methoxy groups -OCH3 is 1. The van der Waals surface area contributed by atoms with Crippen LogP contribution in [0.3, 0.4) is 0 Å². The summed E-state index contributed by atoms with van der Waals surface area (Å²) < 4.78 is 11.2. The topological polar surface area (TPSA) is 84.9 Å². The molecule has 1 aromatic carbocycles. The molecule has 0 unspecified atom stereocenters. The predicted octanol–water partition coefficient (Wildman–Crippen LogP) is 4.90. The minimum absolute atomic E-state index is 0.0115. The Morgan fingerprint density at radius 3 is 2.61 bits per heavy atom. The van der Waals surface area contributed by atoms with Crippen molar-refractivity contribution in [3.63, 3.8) is 0 Å². The van der Waals surface area contributed by atoms with Crippen LogP contribution in [0.1, 0.15) is 69.8 Å². The molecule has 3 aliphatic rings. The third-order valence-electron chi connectivity index (χ3n) is 6.43. The van der Waals surface area contributed by atoms with Crippen LogP contribution in [0.5, 0.6) is 11.5 Å². The number of allylic oxidation sites excluding steroid dienone is 3. The molecule has 166 valence electrons. The summed E-state index contributed by atoms with van der Waals surface area (Å²) in [7, 11) is 1.44. The summed E-state index contributed by atoms with van der Waals surface area (Å²) in [6, 6.07) is 3.24. The summed E-state index contributed by atoms with van der Waals surface area (Å²) in [6.07, 6.45) is 6.84. The third-order valence-corrected chi connectivity index (χ3v) is 6.71. The zero-order chi connectivity index (χ0) is 22.1. The molecule has 6 nitrogen and oxygen atoms in total. The van der Waals surface area contributed by atoms with Crippen molar-refractivity contribution in [3.8, 4) is 11.5 Å². The maximum absolute atomic E-state index is 13.4. The normalized spacial score (nSPS) is 22.2. The first-order chi connectivity index (χ1) is 14.9. The van der Waals surface area contributed by atoms with Crippen molar-refractivity contribution >= 4 is 23.4 Å². The summed E-state index contributed by atoms with van der Waals surface area (Å²) >= 11 is 6.27. The molecule has 1 fully saturated rings. The number of phenols is 1. The first-order valence-electron chi connectivity index (χ1n) is 10.9. The van der Waals surface area contributed by atoms with Gasteiger partial charge in [0.15, 0.2) is 17.3 Å². The van der Waals surface area contributed by atoms with Crippen LogP contribution >= 0.6 is 11.6 Å². The molecule has 1 atom stereocenters. The Balaban J connectivity index is 1.80. The number of aromatic hydroxyl groups is 1. The molecule has 31 heavy (non-hydrogen) atoms. The molecule has 0 saturated heterocycles. The molecule has 0 amide bonds. The second kappa shape index (κ2) is 8.95. The van der Waals surface area contributed by atoms with Gasteiger partial charge in [0.05, 0.1) is 17.7 Å². The number of dihydropyridines is 1. The van der Waals surface area contributed by atoms with Crippen LogP contribution in [0, 0.1) is 0 Å². The lowest BCUT2D eigenvalue weighted by atomic mass is 9.75. The molecule has 4 rings (SSSR count). The number of ether oxygens (including phenoxy) is 2. The molecule has 7 heteroatoms. The van der Waals surface area contributed by atoms with Gasteiger partial charge in [-0.25, -0.2) is 4.79 Å². The summed E-state index contributed by atoms with van der Waals surface area (Å²) in [5, 5.41) is 13.6. The van der Waals surface area contributed by atoms with Crippen molar-refractivity contribution in [3.05, 3.63) is 45.3 Å². The van der Waals surface area contributed by atoms with Crippen LogP contribution in [0.2, 0.25) is 5.02 Å². The highest BCUT2D eigenvalue weighted by Crippen LogP contribution is 2.46. The first-order valence-corrected chi connectivity index (χ1v) is 11.3. The molecule has 1 heterocycles. The molecule has 2 aliphatic carbocycles. The Labute approximate surface area is 187 Å². The van der Waals surface area contributed by atoms with Crippen LogP contribution in [0.25, 0.3) is 0 Å². The second-order valence-corrected chi connectivity index (χ2v) is 8.89. The van der Waals surface area contributed by atoms with Gasteiger partial charge in [-0.05, 0) is 63.1 Å². The second-order valence-electron chi connectivity index (χ2n) is 8.48. The highest BCUT2D eigenvalue weighted by molar-refractivity contribution is 6.32. The minimum atomic E-state index is -0.618. The van der Waals surface area contributed by atoms with Crippen molar-refractivity contribution in [2.24, 2.45) is 0 Å². The fourth-order valence-electron chi connectivity index (χ4n) is 4.90. The van der Waals surface area contributed by atoms with Crippen LogP contribution in [0.4, 0.5) is 0 Å². The molecule has 1 saturated carbocycles. The van der Waals surface area contributed by atoms with Gasteiger partial charge in [0.2, 0.25) is 0 Å². The lowest BCUT2D eigenvalue weighted by Crippen LogP contribution is -2.35. The third kappa shape index (κ3) is 4.18.